The molecule has 1 unspecified atom stereocenters. The molecule has 2 aromatic heterocycles. The first-order chi connectivity index (χ1) is 9.85. The van der Waals surface area contributed by atoms with Crippen LogP contribution in [-0.4, -0.2) is 39.9 Å². The van der Waals surface area contributed by atoms with Crippen LogP contribution in [0.15, 0.2) is 12.1 Å². The minimum absolute atomic E-state index is 0.102. The van der Waals surface area contributed by atoms with E-state index in [9.17, 15) is 8.42 Å². The van der Waals surface area contributed by atoms with Crippen molar-refractivity contribution in [1.29, 1.82) is 0 Å². The lowest BCUT2D eigenvalue weighted by molar-refractivity contribution is 0.508. The van der Waals surface area contributed by atoms with E-state index in [1.165, 1.54) is 0 Å². The number of aromatic nitrogens is 4. The Kier molecular flexibility index (Phi) is 3.20. The summed E-state index contributed by atoms with van der Waals surface area (Å²) in [6.07, 6.45) is 0.556. The molecule has 112 valence electrons. The van der Waals surface area contributed by atoms with Gasteiger partial charge in [-0.1, -0.05) is 0 Å². The van der Waals surface area contributed by atoms with Gasteiger partial charge in [0.1, 0.15) is 5.82 Å². The highest BCUT2D eigenvalue weighted by Crippen LogP contribution is 2.29. The molecule has 21 heavy (non-hydrogen) atoms. The van der Waals surface area contributed by atoms with E-state index in [1.807, 2.05) is 19.9 Å². The first-order valence-corrected chi connectivity index (χ1v) is 8.54. The van der Waals surface area contributed by atoms with Crippen LogP contribution in [0.3, 0.4) is 0 Å². The molecule has 3 rings (SSSR count). The Morgan fingerprint density at radius 3 is 2.71 bits per heavy atom. The number of hydrogen-bond acceptors (Lipinski definition) is 6. The molecule has 0 spiro atoms. The van der Waals surface area contributed by atoms with E-state index < -0.39 is 9.84 Å². The average molecular weight is 307 g/mol. The van der Waals surface area contributed by atoms with Gasteiger partial charge < -0.3 is 5.73 Å². The zero-order valence-corrected chi connectivity index (χ0v) is 12.8. The van der Waals surface area contributed by atoms with Crippen LogP contribution in [0, 0.1) is 13.8 Å². The minimum Gasteiger partial charge on any atom is -0.384 e. The Hall–Kier alpha value is -1.96. The van der Waals surface area contributed by atoms with E-state index in [0.29, 0.717) is 17.9 Å². The highest BCUT2D eigenvalue weighted by molar-refractivity contribution is 7.91. The second-order valence-electron chi connectivity index (χ2n) is 5.44. The fourth-order valence-corrected chi connectivity index (χ4v) is 4.30. The molecule has 0 saturated carbocycles. The minimum atomic E-state index is -2.97. The van der Waals surface area contributed by atoms with Crippen LogP contribution in [0.1, 0.15) is 23.9 Å². The van der Waals surface area contributed by atoms with Gasteiger partial charge in [-0.15, -0.1) is 0 Å². The molecule has 2 N–H and O–H groups in total. The van der Waals surface area contributed by atoms with Crippen molar-refractivity contribution in [3.05, 3.63) is 23.5 Å². The summed E-state index contributed by atoms with van der Waals surface area (Å²) < 4.78 is 24.8. The van der Waals surface area contributed by atoms with Crippen molar-refractivity contribution >= 4 is 15.7 Å². The number of sulfone groups is 1. The number of anilines is 1. The fourth-order valence-electron chi connectivity index (χ4n) is 2.61. The molecule has 8 heteroatoms. The van der Waals surface area contributed by atoms with E-state index in [4.69, 9.17) is 5.73 Å². The second-order valence-corrected chi connectivity index (χ2v) is 7.67. The zero-order chi connectivity index (χ0) is 15.2. The molecule has 1 fully saturated rings. The molecule has 1 atom stereocenters. The third-order valence-corrected chi connectivity index (χ3v) is 5.45. The van der Waals surface area contributed by atoms with E-state index in [2.05, 4.69) is 15.3 Å². The zero-order valence-electron chi connectivity index (χ0n) is 11.9. The van der Waals surface area contributed by atoms with Crippen LogP contribution in [0.25, 0.3) is 11.3 Å². The molecule has 1 aliphatic rings. The molecule has 0 aliphatic carbocycles. The summed E-state index contributed by atoms with van der Waals surface area (Å²) in [4.78, 5) is 0. The maximum absolute atomic E-state index is 11.6. The lowest BCUT2D eigenvalue weighted by Gasteiger charge is -2.10. The van der Waals surface area contributed by atoms with Crippen molar-refractivity contribution in [2.75, 3.05) is 17.2 Å². The van der Waals surface area contributed by atoms with Crippen molar-refractivity contribution in [2.24, 2.45) is 0 Å². The van der Waals surface area contributed by atoms with Crippen LogP contribution in [0.2, 0.25) is 0 Å². The Labute approximate surface area is 123 Å². The number of rotatable bonds is 2. The highest BCUT2D eigenvalue weighted by atomic mass is 32.2. The Morgan fingerprint density at radius 1 is 1.29 bits per heavy atom. The number of aryl methyl sites for hydroxylation is 2. The molecule has 1 saturated heterocycles. The van der Waals surface area contributed by atoms with E-state index >= 15 is 0 Å². The van der Waals surface area contributed by atoms with Gasteiger partial charge in [-0.05, 0) is 26.3 Å². The third kappa shape index (κ3) is 2.63. The van der Waals surface area contributed by atoms with Crippen LogP contribution in [0.4, 0.5) is 5.82 Å². The molecule has 0 bridgehead atoms. The van der Waals surface area contributed by atoms with Gasteiger partial charge in [-0.25, -0.2) is 13.1 Å². The van der Waals surface area contributed by atoms with Gasteiger partial charge in [0.25, 0.3) is 0 Å². The molecule has 0 radical (unpaired) electrons. The number of nitrogen functional groups attached to an aromatic ring is 1. The van der Waals surface area contributed by atoms with Gasteiger partial charge in [0, 0.05) is 11.6 Å². The van der Waals surface area contributed by atoms with Gasteiger partial charge in [-0.2, -0.15) is 15.3 Å². The Bertz CT molecular complexity index is 797. The second kappa shape index (κ2) is 4.80. The summed E-state index contributed by atoms with van der Waals surface area (Å²) in [5.74, 6) is 0.771. The molecule has 3 heterocycles. The van der Waals surface area contributed by atoms with Gasteiger partial charge >= 0.3 is 0 Å². The summed E-state index contributed by atoms with van der Waals surface area (Å²) >= 11 is 0. The van der Waals surface area contributed by atoms with Crippen molar-refractivity contribution in [2.45, 2.75) is 26.3 Å². The predicted octanol–water partition coefficient (Wildman–Crippen LogP) is 0.899. The van der Waals surface area contributed by atoms with Crippen molar-refractivity contribution < 1.29 is 8.42 Å². The van der Waals surface area contributed by atoms with E-state index in [1.54, 1.807) is 10.7 Å². The summed E-state index contributed by atoms with van der Waals surface area (Å²) in [7, 11) is -2.97. The molecular weight excluding hydrogens is 290 g/mol. The smallest absolute Gasteiger partial charge is 0.152 e. The average Bonchev–Trinajstić information content (AvgIpc) is 2.95. The highest BCUT2D eigenvalue weighted by Gasteiger charge is 2.31. The summed E-state index contributed by atoms with van der Waals surface area (Å²) in [6.45, 7) is 3.72. The number of nitrogens with zero attached hydrogens (tertiary/aromatic N) is 4. The first-order valence-electron chi connectivity index (χ1n) is 6.72. The van der Waals surface area contributed by atoms with Crippen molar-refractivity contribution in [3.63, 3.8) is 0 Å². The lowest BCUT2D eigenvalue weighted by Crippen LogP contribution is -2.14. The maximum atomic E-state index is 11.6. The largest absolute Gasteiger partial charge is 0.384 e. The molecule has 0 amide bonds. The molecule has 2 aromatic rings. The SMILES string of the molecule is Cc1cc(-c2cc(N)n(C3CCS(=O)(=O)C3)n2)c(C)nn1. The quantitative estimate of drug-likeness (QED) is 0.884. The van der Waals surface area contributed by atoms with Gasteiger partial charge in [0.05, 0.1) is 34.6 Å². The third-order valence-electron chi connectivity index (χ3n) is 3.70. The standard InChI is InChI=1S/C13H17N5O2S/c1-8-5-11(9(2)16-15-8)12-6-13(14)18(17-12)10-3-4-21(19,20)7-10/h5-6,10H,3-4,7,14H2,1-2H3. The number of nitrogens with two attached hydrogens (primary N) is 1. The van der Waals surface area contributed by atoms with Crippen LogP contribution in [0.5, 0.6) is 0 Å². The van der Waals surface area contributed by atoms with Crippen LogP contribution < -0.4 is 5.73 Å². The van der Waals surface area contributed by atoms with E-state index in [-0.39, 0.29) is 17.5 Å². The Morgan fingerprint density at radius 2 is 2.05 bits per heavy atom. The fraction of sp³-hybridized carbons (Fsp3) is 0.462. The molecule has 1 aliphatic heterocycles. The van der Waals surface area contributed by atoms with Gasteiger partial charge in [0.15, 0.2) is 9.84 Å². The number of hydrogen-bond donors (Lipinski definition) is 1. The van der Waals surface area contributed by atoms with Gasteiger partial charge in [0.2, 0.25) is 0 Å². The van der Waals surface area contributed by atoms with Crippen LogP contribution in [-0.2, 0) is 9.84 Å². The molecule has 0 aromatic carbocycles. The van der Waals surface area contributed by atoms with Gasteiger partial charge in [-0.3, -0.25) is 0 Å². The summed E-state index contributed by atoms with van der Waals surface area (Å²) in [5, 5.41) is 12.6. The topological polar surface area (TPSA) is 104 Å². The normalized spacial score (nSPS) is 20.8. The lowest BCUT2D eigenvalue weighted by atomic mass is 10.1. The maximum Gasteiger partial charge on any atom is 0.152 e. The first kappa shape index (κ1) is 14.0. The Balaban J connectivity index is 2.00. The molecule has 7 nitrogen and oxygen atoms in total. The monoisotopic (exact) mass is 307 g/mol. The van der Waals surface area contributed by atoms with Crippen molar-refractivity contribution in [1.82, 2.24) is 20.0 Å². The van der Waals surface area contributed by atoms with Crippen molar-refractivity contribution in [3.8, 4) is 11.3 Å². The summed E-state index contributed by atoms with van der Waals surface area (Å²) in [6, 6.07) is 3.48. The summed E-state index contributed by atoms with van der Waals surface area (Å²) in [5.41, 5.74) is 9.14. The van der Waals surface area contributed by atoms with E-state index in [0.717, 1.165) is 17.0 Å². The predicted molar refractivity (Wildman–Crippen MR) is 79.4 cm³/mol. The van der Waals surface area contributed by atoms with Crippen LogP contribution >= 0.6 is 0 Å². The molecular formula is C13H17N5O2S.